The molecule has 3 aromatic carbocycles. The second-order valence-electron chi connectivity index (χ2n) is 7.01. The van der Waals surface area contributed by atoms with Gasteiger partial charge in [0.1, 0.15) is 5.82 Å². The molecule has 31 heavy (non-hydrogen) atoms. The van der Waals surface area contributed by atoms with Crippen molar-refractivity contribution in [1.29, 1.82) is 0 Å². The van der Waals surface area contributed by atoms with Gasteiger partial charge in [-0.15, -0.1) is 0 Å². The number of carboxylic acid groups (broad SMARTS) is 1. The van der Waals surface area contributed by atoms with Gasteiger partial charge in [-0.3, -0.25) is 0 Å². The van der Waals surface area contributed by atoms with E-state index in [2.05, 4.69) is 9.97 Å². The highest BCUT2D eigenvalue weighted by Gasteiger charge is 2.08. The van der Waals surface area contributed by atoms with Crippen LogP contribution in [0.2, 0.25) is 0 Å². The number of benzene rings is 3. The number of aromatic nitrogens is 2. The van der Waals surface area contributed by atoms with Gasteiger partial charge in [0.15, 0.2) is 0 Å². The van der Waals surface area contributed by atoms with Crippen LogP contribution in [0.1, 0.15) is 38.8 Å². The third-order valence-corrected chi connectivity index (χ3v) is 4.79. The SMILES string of the molecule is CCOC(=O)c1ccc(C)c(C)c1.O=C(O)c1ccc2nc(-c3ccccc3)[nH]c2c1. The number of nitrogens with one attached hydrogen (secondary N) is 1. The van der Waals surface area contributed by atoms with Gasteiger partial charge in [-0.05, 0) is 62.2 Å². The molecular weight excluding hydrogens is 392 g/mol. The van der Waals surface area contributed by atoms with E-state index in [0.717, 1.165) is 28.0 Å². The molecule has 6 nitrogen and oxygen atoms in total. The summed E-state index contributed by atoms with van der Waals surface area (Å²) in [5, 5.41) is 8.93. The number of H-pyrrole nitrogens is 1. The Balaban J connectivity index is 0.000000187. The molecule has 4 rings (SSSR count). The number of esters is 1. The van der Waals surface area contributed by atoms with E-state index in [1.165, 1.54) is 5.56 Å². The summed E-state index contributed by atoms with van der Waals surface area (Å²) in [6, 6.07) is 20.2. The van der Waals surface area contributed by atoms with Crippen molar-refractivity contribution < 1.29 is 19.4 Å². The highest BCUT2D eigenvalue weighted by molar-refractivity contribution is 5.93. The number of fused-ring (bicyclic) bond motifs is 1. The van der Waals surface area contributed by atoms with Crippen LogP contribution in [-0.4, -0.2) is 33.6 Å². The van der Waals surface area contributed by atoms with Crippen molar-refractivity contribution in [1.82, 2.24) is 9.97 Å². The zero-order valence-corrected chi connectivity index (χ0v) is 17.7. The fourth-order valence-electron chi connectivity index (χ4n) is 2.96. The molecular formula is C25H24N2O4. The fourth-order valence-corrected chi connectivity index (χ4v) is 2.96. The minimum Gasteiger partial charge on any atom is -0.478 e. The van der Waals surface area contributed by atoms with E-state index in [4.69, 9.17) is 9.84 Å². The normalized spacial score (nSPS) is 10.3. The Kier molecular flexibility index (Phi) is 6.82. The molecule has 158 valence electrons. The average Bonchev–Trinajstić information content (AvgIpc) is 3.20. The smallest absolute Gasteiger partial charge is 0.338 e. The standard InChI is InChI=1S/C14H10N2O2.C11H14O2/c17-14(18)10-6-7-11-12(8-10)16-13(15-11)9-4-2-1-3-5-9;1-4-13-11(12)10-6-5-8(2)9(3)7-10/h1-8H,(H,15,16)(H,17,18);5-7H,4H2,1-3H3. The van der Waals surface area contributed by atoms with E-state index in [9.17, 15) is 9.59 Å². The van der Waals surface area contributed by atoms with Gasteiger partial charge in [0.2, 0.25) is 0 Å². The summed E-state index contributed by atoms with van der Waals surface area (Å²) in [5.74, 6) is -0.438. The van der Waals surface area contributed by atoms with Crippen molar-refractivity contribution in [3.8, 4) is 11.4 Å². The van der Waals surface area contributed by atoms with Gasteiger partial charge in [-0.1, -0.05) is 36.4 Å². The number of carboxylic acids is 1. The molecule has 1 heterocycles. The molecule has 0 saturated heterocycles. The molecule has 0 aliphatic carbocycles. The number of carbonyl (C=O) groups excluding carboxylic acids is 1. The summed E-state index contributed by atoms with van der Waals surface area (Å²) in [6.07, 6.45) is 0. The van der Waals surface area contributed by atoms with Crippen LogP contribution in [-0.2, 0) is 4.74 Å². The largest absolute Gasteiger partial charge is 0.478 e. The molecule has 0 unspecified atom stereocenters. The summed E-state index contributed by atoms with van der Waals surface area (Å²) in [4.78, 5) is 29.7. The van der Waals surface area contributed by atoms with Crippen LogP contribution >= 0.6 is 0 Å². The molecule has 0 aliphatic heterocycles. The van der Waals surface area contributed by atoms with E-state index in [0.29, 0.717) is 12.2 Å². The number of aromatic carboxylic acids is 1. The molecule has 0 amide bonds. The van der Waals surface area contributed by atoms with Crippen molar-refractivity contribution in [2.75, 3.05) is 6.61 Å². The van der Waals surface area contributed by atoms with Gasteiger partial charge >= 0.3 is 11.9 Å². The summed E-state index contributed by atoms with van der Waals surface area (Å²) in [5.41, 5.74) is 5.66. The first-order valence-corrected chi connectivity index (χ1v) is 9.92. The number of imidazole rings is 1. The highest BCUT2D eigenvalue weighted by Crippen LogP contribution is 2.21. The number of ether oxygens (including phenoxy) is 1. The third-order valence-electron chi connectivity index (χ3n) is 4.79. The molecule has 1 aromatic heterocycles. The van der Waals surface area contributed by atoms with Gasteiger partial charge < -0.3 is 14.8 Å². The first-order valence-electron chi connectivity index (χ1n) is 9.92. The molecule has 0 radical (unpaired) electrons. The van der Waals surface area contributed by atoms with Crippen LogP contribution in [0.3, 0.4) is 0 Å². The third kappa shape index (κ3) is 5.36. The van der Waals surface area contributed by atoms with Crippen LogP contribution in [0.5, 0.6) is 0 Å². The number of carbonyl (C=O) groups is 2. The average molecular weight is 416 g/mol. The first-order chi connectivity index (χ1) is 14.9. The number of hydrogen-bond donors (Lipinski definition) is 2. The molecule has 0 spiro atoms. The van der Waals surface area contributed by atoms with Gasteiger partial charge in [-0.25, -0.2) is 14.6 Å². The van der Waals surface area contributed by atoms with Crippen LogP contribution in [0.25, 0.3) is 22.4 Å². The second-order valence-corrected chi connectivity index (χ2v) is 7.01. The summed E-state index contributed by atoms with van der Waals surface area (Å²) in [7, 11) is 0. The molecule has 0 fully saturated rings. The van der Waals surface area contributed by atoms with Crippen molar-refractivity contribution in [2.24, 2.45) is 0 Å². The molecule has 4 aromatic rings. The fraction of sp³-hybridized carbons (Fsp3) is 0.160. The van der Waals surface area contributed by atoms with Crippen LogP contribution in [0, 0.1) is 13.8 Å². The zero-order valence-electron chi connectivity index (χ0n) is 17.7. The van der Waals surface area contributed by atoms with Gasteiger partial charge in [-0.2, -0.15) is 0 Å². The minimum atomic E-state index is -0.937. The van der Waals surface area contributed by atoms with Crippen molar-refractivity contribution >= 4 is 23.0 Å². The predicted molar refractivity (Wildman–Crippen MR) is 120 cm³/mol. The van der Waals surface area contributed by atoms with Gasteiger partial charge in [0, 0.05) is 5.56 Å². The van der Waals surface area contributed by atoms with E-state index in [-0.39, 0.29) is 11.5 Å². The Hall–Kier alpha value is -3.93. The number of aromatic amines is 1. The number of aryl methyl sites for hydroxylation is 2. The van der Waals surface area contributed by atoms with E-state index in [1.807, 2.05) is 56.3 Å². The summed E-state index contributed by atoms with van der Waals surface area (Å²) >= 11 is 0. The molecule has 0 atom stereocenters. The monoisotopic (exact) mass is 416 g/mol. The lowest BCUT2D eigenvalue weighted by atomic mass is 10.1. The molecule has 0 saturated carbocycles. The van der Waals surface area contributed by atoms with E-state index < -0.39 is 5.97 Å². The Morgan fingerprint density at radius 3 is 2.29 bits per heavy atom. The molecule has 6 heteroatoms. The van der Waals surface area contributed by atoms with Crippen molar-refractivity contribution in [2.45, 2.75) is 20.8 Å². The second kappa shape index (κ2) is 9.71. The lowest BCUT2D eigenvalue weighted by Crippen LogP contribution is -2.04. The lowest BCUT2D eigenvalue weighted by molar-refractivity contribution is 0.0525. The Morgan fingerprint density at radius 2 is 1.65 bits per heavy atom. The summed E-state index contributed by atoms with van der Waals surface area (Å²) < 4.78 is 4.88. The quantitative estimate of drug-likeness (QED) is 0.434. The lowest BCUT2D eigenvalue weighted by Gasteiger charge is -2.04. The Morgan fingerprint density at radius 1 is 0.935 bits per heavy atom. The van der Waals surface area contributed by atoms with Gasteiger partial charge in [0.25, 0.3) is 0 Å². The maximum absolute atomic E-state index is 11.3. The number of nitrogens with zero attached hydrogens (tertiary/aromatic N) is 1. The van der Waals surface area contributed by atoms with E-state index >= 15 is 0 Å². The van der Waals surface area contributed by atoms with Crippen molar-refractivity contribution in [3.63, 3.8) is 0 Å². The topological polar surface area (TPSA) is 92.3 Å². The minimum absolute atomic E-state index is 0.245. The van der Waals surface area contributed by atoms with Crippen LogP contribution < -0.4 is 0 Å². The van der Waals surface area contributed by atoms with Crippen LogP contribution in [0.4, 0.5) is 0 Å². The maximum atomic E-state index is 11.3. The maximum Gasteiger partial charge on any atom is 0.338 e. The van der Waals surface area contributed by atoms with Crippen molar-refractivity contribution in [3.05, 3.63) is 89.0 Å². The zero-order chi connectivity index (χ0) is 22.4. The molecule has 0 bridgehead atoms. The highest BCUT2D eigenvalue weighted by atomic mass is 16.5. The van der Waals surface area contributed by atoms with E-state index in [1.54, 1.807) is 31.2 Å². The van der Waals surface area contributed by atoms with Gasteiger partial charge in [0.05, 0.1) is 28.8 Å². The predicted octanol–water partition coefficient (Wildman–Crippen LogP) is 5.41. The number of hydrogen-bond acceptors (Lipinski definition) is 4. The summed E-state index contributed by atoms with van der Waals surface area (Å²) in [6.45, 7) is 6.23. The Bertz CT molecular complexity index is 1210. The number of rotatable bonds is 4. The molecule has 0 aliphatic rings. The first kappa shape index (κ1) is 21.8. The molecule has 2 N–H and O–H groups in total. The Labute approximate surface area is 180 Å². The van der Waals surface area contributed by atoms with Crippen LogP contribution in [0.15, 0.2) is 66.7 Å².